The van der Waals surface area contributed by atoms with Gasteiger partial charge in [0.1, 0.15) is 5.69 Å². The predicted molar refractivity (Wildman–Crippen MR) is 61.5 cm³/mol. The second-order valence-corrected chi connectivity index (χ2v) is 4.94. The maximum Gasteiger partial charge on any atom is 0.150 e. The summed E-state index contributed by atoms with van der Waals surface area (Å²) in [5.74, 6) is -1.41. The van der Waals surface area contributed by atoms with E-state index in [1.165, 1.54) is 6.42 Å². The van der Waals surface area contributed by atoms with Gasteiger partial charge in [-0.15, -0.1) is 0 Å². The molecule has 1 aromatic carbocycles. The molecule has 0 atom stereocenters. The summed E-state index contributed by atoms with van der Waals surface area (Å²) in [5.41, 5.74) is 0.0183. The lowest BCUT2D eigenvalue weighted by Crippen LogP contribution is -2.33. The van der Waals surface area contributed by atoms with Gasteiger partial charge in [0.15, 0.2) is 11.6 Å². The van der Waals surface area contributed by atoms with Gasteiger partial charge in [-0.25, -0.2) is 8.78 Å². The molecule has 17 heavy (non-hydrogen) atoms. The lowest BCUT2D eigenvalue weighted by Gasteiger charge is -2.38. The SMILES string of the molecule is CC1(CNc2c(F)cc(C#N)cc2F)CCC1. The fraction of sp³-hybridized carbons (Fsp3) is 0.462. The molecule has 1 aromatic rings. The average molecular weight is 236 g/mol. The molecule has 2 nitrogen and oxygen atoms in total. The molecule has 0 radical (unpaired) electrons. The molecule has 0 bridgehead atoms. The van der Waals surface area contributed by atoms with Crippen LogP contribution in [0.15, 0.2) is 12.1 Å². The molecule has 2 rings (SSSR count). The van der Waals surface area contributed by atoms with E-state index >= 15 is 0 Å². The van der Waals surface area contributed by atoms with Gasteiger partial charge >= 0.3 is 0 Å². The average Bonchev–Trinajstić information content (AvgIpc) is 2.25. The van der Waals surface area contributed by atoms with E-state index in [2.05, 4.69) is 12.2 Å². The van der Waals surface area contributed by atoms with Crippen molar-refractivity contribution in [3.8, 4) is 6.07 Å². The minimum Gasteiger partial charge on any atom is -0.380 e. The molecular weight excluding hydrogens is 222 g/mol. The van der Waals surface area contributed by atoms with E-state index < -0.39 is 11.6 Å². The Kier molecular flexibility index (Phi) is 3.01. The summed E-state index contributed by atoms with van der Waals surface area (Å²) in [7, 11) is 0. The Hall–Kier alpha value is -1.63. The molecule has 90 valence electrons. The summed E-state index contributed by atoms with van der Waals surface area (Å²) < 4.78 is 27.1. The number of halogens is 2. The third kappa shape index (κ3) is 2.38. The van der Waals surface area contributed by atoms with Gasteiger partial charge in [-0.2, -0.15) is 5.26 Å². The molecule has 0 aliphatic heterocycles. The first-order chi connectivity index (χ1) is 8.04. The monoisotopic (exact) mass is 236 g/mol. The van der Waals surface area contributed by atoms with Crippen molar-refractivity contribution in [3.63, 3.8) is 0 Å². The van der Waals surface area contributed by atoms with E-state index in [0.29, 0.717) is 6.54 Å². The van der Waals surface area contributed by atoms with Gasteiger partial charge in [0.05, 0.1) is 11.6 Å². The Balaban J connectivity index is 2.13. The van der Waals surface area contributed by atoms with E-state index in [9.17, 15) is 8.78 Å². The highest BCUT2D eigenvalue weighted by molar-refractivity contribution is 5.50. The zero-order chi connectivity index (χ0) is 12.5. The van der Waals surface area contributed by atoms with Crippen LogP contribution in [0.3, 0.4) is 0 Å². The summed E-state index contributed by atoms with van der Waals surface area (Å²) in [6.45, 7) is 2.66. The Morgan fingerprint density at radius 2 is 1.94 bits per heavy atom. The maximum atomic E-state index is 13.5. The molecule has 0 unspecified atom stereocenters. The molecule has 0 spiro atoms. The predicted octanol–water partition coefficient (Wildman–Crippen LogP) is 3.44. The minimum atomic E-state index is -0.704. The number of nitrogens with one attached hydrogen (secondary N) is 1. The number of hydrogen-bond acceptors (Lipinski definition) is 2. The van der Waals surface area contributed by atoms with Crippen LogP contribution in [0.4, 0.5) is 14.5 Å². The lowest BCUT2D eigenvalue weighted by atomic mass is 9.70. The van der Waals surface area contributed by atoms with Crippen LogP contribution in [-0.4, -0.2) is 6.54 Å². The summed E-state index contributed by atoms with van der Waals surface area (Å²) in [6.07, 6.45) is 3.34. The van der Waals surface area contributed by atoms with Crippen molar-refractivity contribution in [1.29, 1.82) is 5.26 Å². The Morgan fingerprint density at radius 3 is 2.35 bits per heavy atom. The van der Waals surface area contributed by atoms with Gasteiger partial charge in [0, 0.05) is 6.54 Å². The molecule has 1 aliphatic rings. The first-order valence-electron chi connectivity index (χ1n) is 5.67. The Bertz CT molecular complexity index is 450. The largest absolute Gasteiger partial charge is 0.380 e. The number of rotatable bonds is 3. The van der Waals surface area contributed by atoms with Crippen LogP contribution >= 0.6 is 0 Å². The quantitative estimate of drug-likeness (QED) is 0.872. The molecule has 0 heterocycles. The zero-order valence-electron chi connectivity index (χ0n) is 9.69. The second kappa shape index (κ2) is 4.33. The van der Waals surface area contributed by atoms with Crippen LogP contribution in [0, 0.1) is 28.4 Å². The molecular formula is C13H14F2N2. The highest BCUT2D eigenvalue weighted by atomic mass is 19.1. The highest BCUT2D eigenvalue weighted by Crippen LogP contribution is 2.40. The van der Waals surface area contributed by atoms with E-state index in [1.807, 2.05) is 0 Å². The van der Waals surface area contributed by atoms with Crippen LogP contribution < -0.4 is 5.32 Å². The van der Waals surface area contributed by atoms with Gasteiger partial charge in [-0.05, 0) is 30.4 Å². The number of anilines is 1. The standard InChI is InChI=1S/C13H14F2N2/c1-13(3-2-4-13)8-17-12-10(14)5-9(7-16)6-11(12)15/h5-6,17H,2-4,8H2,1H3. The summed E-state index contributed by atoms with van der Waals surface area (Å²) in [5, 5.41) is 11.4. The van der Waals surface area contributed by atoms with Gasteiger partial charge in [0.2, 0.25) is 0 Å². The summed E-state index contributed by atoms with van der Waals surface area (Å²) >= 11 is 0. The van der Waals surface area contributed by atoms with Crippen LogP contribution in [-0.2, 0) is 0 Å². The number of nitrogens with zero attached hydrogens (tertiary/aromatic N) is 1. The number of nitriles is 1. The molecule has 1 aliphatic carbocycles. The lowest BCUT2D eigenvalue weighted by molar-refractivity contribution is 0.179. The number of hydrogen-bond donors (Lipinski definition) is 1. The van der Waals surface area contributed by atoms with Gasteiger partial charge in [-0.1, -0.05) is 13.3 Å². The van der Waals surface area contributed by atoms with Crippen molar-refractivity contribution < 1.29 is 8.78 Å². The fourth-order valence-corrected chi connectivity index (χ4v) is 2.07. The third-order valence-electron chi connectivity index (χ3n) is 3.42. The smallest absolute Gasteiger partial charge is 0.150 e. The van der Waals surface area contributed by atoms with E-state index in [-0.39, 0.29) is 16.7 Å². The molecule has 0 amide bonds. The Morgan fingerprint density at radius 1 is 1.35 bits per heavy atom. The molecule has 0 saturated heterocycles. The minimum absolute atomic E-state index is 0.000376. The summed E-state index contributed by atoms with van der Waals surface area (Å²) in [6, 6.07) is 3.82. The third-order valence-corrected chi connectivity index (χ3v) is 3.42. The van der Waals surface area contributed by atoms with Crippen molar-refractivity contribution in [1.82, 2.24) is 0 Å². The van der Waals surface area contributed by atoms with Gasteiger partial charge in [0.25, 0.3) is 0 Å². The van der Waals surface area contributed by atoms with Crippen molar-refractivity contribution in [2.45, 2.75) is 26.2 Å². The van der Waals surface area contributed by atoms with E-state index in [4.69, 9.17) is 5.26 Å². The van der Waals surface area contributed by atoms with Crippen molar-refractivity contribution in [3.05, 3.63) is 29.3 Å². The Labute approximate surface area is 99.3 Å². The summed E-state index contributed by atoms with van der Waals surface area (Å²) in [4.78, 5) is 0. The van der Waals surface area contributed by atoms with Gasteiger partial charge < -0.3 is 5.32 Å². The van der Waals surface area contributed by atoms with Crippen LogP contribution in [0.1, 0.15) is 31.7 Å². The van der Waals surface area contributed by atoms with Crippen LogP contribution in [0.25, 0.3) is 0 Å². The molecule has 4 heteroatoms. The van der Waals surface area contributed by atoms with Gasteiger partial charge in [-0.3, -0.25) is 0 Å². The maximum absolute atomic E-state index is 13.5. The van der Waals surface area contributed by atoms with Crippen molar-refractivity contribution in [2.24, 2.45) is 5.41 Å². The second-order valence-electron chi connectivity index (χ2n) is 4.94. The molecule has 0 aromatic heterocycles. The molecule has 1 N–H and O–H groups in total. The normalized spacial score (nSPS) is 17.1. The van der Waals surface area contributed by atoms with Crippen LogP contribution in [0.2, 0.25) is 0 Å². The highest BCUT2D eigenvalue weighted by Gasteiger charge is 2.31. The van der Waals surface area contributed by atoms with E-state index in [0.717, 1.165) is 25.0 Å². The number of benzene rings is 1. The topological polar surface area (TPSA) is 35.8 Å². The molecule has 1 fully saturated rings. The first kappa shape index (κ1) is 11.8. The van der Waals surface area contributed by atoms with E-state index in [1.54, 1.807) is 6.07 Å². The van der Waals surface area contributed by atoms with Crippen molar-refractivity contribution >= 4 is 5.69 Å². The zero-order valence-corrected chi connectivity index (χ0v) is 9.69. The van der Waals surface area contributed by atoms with Crippen molar-refractivity contribution in [2.75, 3.05) is 11.9 Å². The first-order valence-corrected chi connectivity index (χ1v) is 5.67. The van der Waals surface area contributed by atoms with Crippen LogP contribution in [0.5, 0.6) is 0 Å². The fourth-order valence-electron chi connectivity index (χ4n) is 2.07. The molecule has 1 saturated carbocycles.